The van der Waals surface area contributed by atoms with E-state index in [1.54, 1.807) is 16.4 Å². The number of nitrogens with zero attached hydrogens (tertiary/aromatic N) is 2. The van der Waals surface area contributed by atoms with Crippen molar-refractivity contribution >= 4 is 21.4 Å². The lowest BCUT2D eigenvalue weighted by atomic mass is 9.98. The minimum absolute atomic E-state index is 0.279. The normalized spacial score (nSPS) is 17.0. The molecule has 0 aromatic carbocycles. The summed E-state index contributed by atoms with van der Waals surface area (Å²) < 4.78 is 27.3. The number of sulfonamides is 1. The summed E-state index contributed by atoms with van der Waals surface area (Å²) in [7, 11) is -3.47. The van der Waals surface area contributed by atoms with Crippen LogP contribution in [0, 0.1) is 17.2 Å². The topological polar surface area (TPSA) is 73.2 Å². The molecule has 1 aliphatic rings. The average molecular weight is 327 g/mol. The second-order valence-corrected chi connectivity index (χ2v) is 8.54. The molecule has 21 heavy (non-hydrogen) atoms. The fraction of sp³-hybridized carbons (Fsp3) is 0.643. The molecule has 0 aliphatic carbocycles. The fourth-order valence-electron chi connectivity index (χ4n) is 2.56. The van der Waals surface area contributed by atoms with E-state index in [4.69, 9.17) is 5.26 Å². The number of hydrogen-bond acceptors (Lipinski definition) is 5. The van der Waals surface area contributed by atoms with Crippen molar-refractivity contribution in [1.82, 2.24) is 9.62 Å². The molecule has 0 spiro atoms. The van der Waals surface area contributed by atoms with Gasteiger partial charge in [-0.2, -0.15) is 9.57 Å². The largest absolute Gasteiger partial charge is 0.317 e. The molecule has 2 rings (SSSR count). The van der Waals surface area contributed by atoms with Crippen LogP contribution in [0.2, 0.25) is 0 Å². The summed E-state index contributed by atoms with van der Waals surface area (Å²) in [6.45, 7) is 5.02. The van der Waals surface area contributed by atoms with Gasteiger partial charge in [-0.05, 0) is 50.4 Å². The van der Waals surface area contributed by atoms with Crippen molar-refractivity contribution < 1.29 is 8.42 Å². The molecule has 116 valence electrons. The lowest BCUT2D eigenvalue weighted by molar-refractivity contribution is 0.288. The predicted octanol–water partition coefficient (Wildman–Crippen LogP) is 2.02. The SMILES string of the molecule is CCCN(CC1CCNCC1)S(=O)(=O)c1ccc(C#N)s1. The molecule has 5 nitrogen and oxygen atoms in total. The van der Waals surface area contributed by atoms with Gasteiger partial charge in [-0.3, -0.25) is 0 Å². The van der Waals surface area contributed by atoms with Crippen LogP contribution in [0.15, 0.2) is 16.3 Å². The molecule has 0 atom stereocenters. The van der Waals surface area contributed by atoms with Crippen LogP contribution < -0.4 is 5.32 Å². The maximum absolute atomic E-state index is 12.7. The van der Waals surface area contributed by atoms with Crippen molar-refractivity contribution in [3.05, 3.63) is 17.0 Å². The summed E-state index contributed by atoms with van der Waals surface area (Å²) in [5.41, 5.74) is 0. The Morgan fingerprint density at radius 1 is 1.43 bits per heavy atom. The van der Waals surface area contributed by atoms with Crippen molar-refractivity contribution in [3.8, 4) is 6.07 Å². The van der Waals surface area contributed by atoms with Crippen LogP contribution in [-0.2, 0) is 10.0 Å². The van der Waals surface area contributed by atoms with Crippen LogP contribution in [-0.4, -0.2) is 38.9 Å². The maximum atomic E-state index is 12.7. The zero-order valence-corrected chi connectivity index (χ0v) is 13.8. The van der Waals surface area contributed by atoms with Crippen LogP contribution in [0.3, 0.4) is 0 Å². The molecular formula is C14H21N3O2S2. The second kappa shape index (κ2) is 7.36. The van der Waals surface area contributed by atoms with Gasteiger partial charge < -0.3 is 5.32 Å². The number of hydrogen-bond donors (Lipinski definition) is 1. The van der Waals surface area contributed by atoms with Gasteiger partial charge in [0.1, 0.15) is 15.2 Å². The second-order valence-electron chi connectivity index (χ2n) is 5.29. The Morgan fingerprint density at radius 3 is 2.71 bits per heavy atom. The molecule has 1 saturated heterocycles. The van der Waals surface area contributed by atoms with Gasteiger partial charge in [-0.15, -0.1) is 11.3 Å². The Labute approximate surface area is 130 Å². The Balaban J connectivity index is 2.17. The molecule has 2 heterocycles. The summed E-state index contributed by atoms with van der Waals surface area (Å²) in [5.74, 6) is 0.419. The first-order chi connectivity index (χ1) is 10.1. The summed E-state index contributed by atoms with van der Waals surface area (Å²) in [6.07, 6.45) is 2.83. The summed E-state index contributed by atoms with van der Waals surface area (Å²) in [5, 5.41) is 12.2. The van der Waals surface area contributed by atoms with Gasteiger partial charge in [0, 0.05) is 13.1 Å². The van der Waals surface area contributed by atoms with E-state index in [-0.39, 0.29) is 4.21 Å². The van der Waals surface area contributed by atoms with Crippen molar-refractivity contribution in [2.45, 2.75) is 30.4 Å². The van der Waals surface area contributed by atoms with Crippen LogP contribution in [0.25, 0.3) is 0 Å². The van der Waals surface area contributed by atoms with E-state index in [1.807, 2.05) is 13.0 Å². The first kappa shape index (κ1) is 16.4. The third-order valence-electron chi connectivity index (χ3n) is 3.68. The van der Waals surface area contributed by atoms with E-state index in [0.717, 1.165) is 43.7 Å². The van der Waals surface area contributed by atoms with Gasteiger partial charge in [0.2, 0.25) is 0 Å². The number of thiophene rings is 1. The van der Waals surface area contributed by atoms with Crippen LogP contribution in [0.4, 0.5) is 0 Å². The molecule has 1 aromatic heterocycles. The maximum Gasteiger partial charge on any atom is 0.252 e. The minimum Gasteiger partial charge on any atom is -0.317 e. The number of nitrogens with one attached hydrogen (secondary N) is 1. The summed E-state index contributed by atoms with van der Waals surface area (Å²) in [4.78, 5) is 0.437. The zero-order chi connectivity index (χ0) is 15.3. The van der Waals surface area contributed by atoms with Gasteiger partial charge in [0.15, 0.2) is 0 Å². The highest BCUT2D eigenvalue weighted by Gasteiger charge is 2.28. The smallest absolute Gasteiger partial charge is 0.252 e. The third-order valence-corrected chi connectivity index (χ3v) is 7.00. The Morgan fingerprint density at radius 2 is 2.14 bits per heavy atom. The molecule has 0 saturated carbocycles. The highest BCUT2D eigenvalue weighted by Crippen LogP contribution is 2.26. The molecule has 1 N–H and O–H groups in total. The van der Waals surface area contributed by atoms with Gasteiger partial charge in [-0.1, -0.05) is 6.92 Å². The lowest BCUT2D eigenvalue weighted by Gasteiger charge is -2.29. The van der Waals surface area contributed by atoms with E-state index >= 15 is 0 Å². The van der Waals surface area contributed by atoms with Crippen molar-refractivity contribution in [2.75, 3.05) is 26.2 Å². The van der Waals surface area contributed by atoms with Gasteiger partial charge in [-0.25, -0.2) is 8.42 Å². The van der Waals surface area contributed by atoms with Crippen molar-refractivity contribution in [2.24, 2.45) is 5.92 Å². The van der Waals surface area contributed by atoms with E-state index in [0.29, 0.717) is 23.9 Å². The first-order valence-electron chi connectivity index (χ1n) is 7.28. The van der Waals surface area contributed by atoms with Crippen LogP contribution >= 0.6 is 11.3 Å². The monoisotopic (exact) mass is 327 g/mol. The fourth-order valence-corrected chi connectivity index (χ4v) is 5.42. The summed E-state index contributed by atoms with van der Waals surface area (Å²) in [6, 6.07) is 5.12. The molecular weight excluding hydrogens is 306 g/mol. The van der Waals surface area contributed by atoms with Crippen molar-refractivity contribution in [1.29, 1.82) is 5.26 Å². The van der Waals surface area contributed by atoms with E-state index in [1.165, 1.54) is 0 Å². The highest BCUT2D eigenvalue weighted by molar-refractivity contribution is 7.91. The molecule has 0 bridgehead atoms. The van der Waals surface area contributed by atoms with Gasteiger partial charge >= 0.3 is 0 Å². The molecule has 1 aromatic rings. The lowest BCUT2D eigenvalue weighted by Crippen LogP contribution is -2.39. The average Bonchev–Trinajstić information content (AvgIpc) is 2.97. The molecule has 1 aliphatic heterocycles. The van der Waals surface area contributed by atoms with Crippen LogP contribution in [0.1, 0.15) is 31.1 Å². The standard InChI is InChI=1S/C14H21N3O2S2/c1-2-9-17(11-12-5-7-16-8-6-12)21(18,19)14-4-3-13(10-15)20-14/h3-4,12,16H,2,5-9,11H2,1H3. The quantitative estimate of drug-likeness (QED) is 0.867. The van der Waals surface area contributed by atoms with E-state index < -0.39 is 10.0 Å². The van der Waals surface area contributed by atoms with E-state index in [9.17, 15) is 8.42 Å². The van der Waals surface area contributed by atoms with Crippen LogP contribution in [0.5, 0.6) is 0 Å². The molecule has 0 unspecified atom stereocenters. The molecule has 7 heteroatoms. The third kappa shape index (κ3) is 4.04. The minimum atomic E-state index is -3.47. The van der Waals surface area contributed by atoms with Gasteiger partial charge in [0.25, 0.3) is 10.0 Å². The molecule has 1 fully saturated rings. The summed E-state index contributed by atoms with van der Waals surface area (Å²) >= 11 is 1.05. The number of piperidine rings is 1. The highest BCUT2D eigenvalue weighted by atomic mass is 32.2. The number of nitriles is 1. The predicted molar refractivity (Wildman–Crippen MR) is 83.7 cm³/mol. The molecule has 0 amide bonds. The Hall–Kier alpha value is -0.940. The first-order valence-corrected chi connectivity index (χ1v) is 9.54. The van der Waals surface area contributed by atoms with Gasteiger partial charge in [0.05, 0.1) is 0 Å². The Bertz CT molecular complexity index is 598. The number of rotatable bonds is 6. The Kier molecular flexibility index (Phi) is 5.76. The zero-order valence-electron chi connectivity index (χ0n) is 12.2. The molecule has 0 radical (unpaired) electrons. The van der Waals surface area contributed by atoms with E-state index in [2.05, 4.69) is 5.32 Å². The van der Waals surface area contributed by atoms with Crippen molar-refractivity contribution in [3.63, 3.8) is 0 Å².